The van der Waals surface area contributed by atoms with E-state index in [0.717, 1.165) is 11.3 Å². The third kappa shape index (κ3) is 3.93. The van der Waals surface area contributed by atoms with Gasteiger partial charge in [-0.25, -0.2) is 10.4 Å². The van der Waals surface area contributed by atoms with E-state index in [1.165, 1.54) is 24.5 Å². The summed E-state index contributed by atoms with van der Waals surface area (Å²) in [5.41, 5.74) is 4.03. The average molecular weight is 340 g/mol. The van der Waals surface area contributed by atoms with Crippen LogP contribution in [0, 0.1) is 10.1 Å². The highest BCUT2D eigenvalue weighted by Crippen LogP contribution is 2.20. The Morgan fingerprint density at radius 2 is 2.08 bits per heavy atom. The fraction of sp³-hybridized carbons (Fsp3) is 0.0667. The molecule has 3 rings (SSSR count). The minimum atomic E-state index is -0.629. The second-order valence-electron chi connectivity index (χ2n) is 4.70. The summed E-state index contributed by atoms with van der Waals surface area (Å²) in [6, 6.07) is 9.98. The van der Waals surface area contributed by atoms with E-state index in [4.69, 9.17) is 9.15 Å². The van der Waals surface area contributed by atoms with E-state index < -0.39 is 4.92 Å². The topological polar surface area (TPSA) is 129 Å². The largest absolute Gasteiger partial charge is 0.497 e. The highest BCUT2D eigenvalue weighted by Gasteiger charge is 2.10. The highest BCUT2D eigenvalue weighted by atomic mass is 16.6. The lowest BCUT2D eigenvalue weighted by Gasteiger charge is -2.03. The molecule has 0 aliphatic carbocycles. The van der Waals surface area contributed by atoms with E-state index in [2.05, 4.69) is 25.7 Å². The van der Waals surface area contributed by atoms with Crippen LogP contribution in [0.2, 0.25) is 0 Å². The Bertz CT molecular complexity index is 906. The van der Waals surface area contributed by atoms with Crippen LogP contribution in [0.25, 0.3) is 11.3 Å². The molecule has 0 saturated carbocycles. The van der Waals surface area contributed by atoms with Gasteiger partial charge >= 0.3 is 5.88 Å². The number of benzene rings is 1. The number of methoxy groups -OCH3 is 1. The molecule has 10 heteroatoms. The van der Waals surface area contributed by atoms with Crippen LogP contribution in [-0.2, 0) is 0 Å². The maximum Gasteiger partial charge on any atom is 0.433 e. The summed E-state index contributed by atoms with van der Waals surface area (Å²) in [6.45, 7) is 0. The zero-order chi connectivity index (χ0) is 17.6. The van der Waals surface area contributed by atoms with Crippen LogP contribution in [0.3, 0.4) is 0 Å². The zero-order valence-electron chi connectivity index (χ0n) is 13.0. The number of hydrazone groups is 1. The fourth-order valence-corrected chi connectivity index (χ4v) is 1.92. The minimum absolute atomic E-state index is 0.172. The summed E-state index contributed by atoms with van der Waals surface area (Å²) in [6.07, 6.45) is 2.79. The molecule has 126 valence electrons. The van der Waals surface area contributed by atoms with Crippen LogP contribution < -0.4 is 10.2 Å². The molecule has 0 spiro atoms. The van der Waals surface area contributed by atoms with Gasteiger partial charge in [0, 0.05) is 5.56 Å². The van der Waals surface area contributed by atoms with E-state index >= 15 is 0 Å². The Morgan fingerprint density at radius 1 is 1.28 bits per heavy atom. The first kappa shape index (κ1) is 16.1. The Kier molecular flexibility index (Phi) is 4.60. The number of nitrogens with zero attached hydrogens (tertiary/aromatic N) is 5. The number of hydrogen-bond donors (Lipinski definition) is 1. The standard InChI is InChI=1S/C15H12N6O4/c1-24-11-4-2-10(3-5-11)13-9-17-20-15(18-13)19-16-8-12-6-7-14(25-12)21(22)23/h2-9H,1H3,(H,18,19,20)/b16-8+. The molecule has 0 radical (unpaired) electrons. The molecule has 0 bridgehead atoms. The molecule has 0 fully saturated rings. The third-order valence-electron chi connectivity index (χ3n) is 3.09. The summed E-state index contributed by atoms with van der Waals surface area (Å²) >= 11 is 0. The predicted octanol–water partition coefficient (Wildman–Crippen LogP) is 2.49. The Labute approximate surface area is 141 Å². The number of nitro groups is 1. The van der Waals surface area contributed by atoms with Gasteiger partial charge in [-0.05, 0) is 30.3 Å². The smallest absolute Gasteiger partial charge is 0.433 e. The van der Waals surface area contributed by atoms with E-state index in [1.807, 2.05) is 24.3 Å². The van der Waals surface area contributed by atoms with Gasteiger partial charge in [-0.15, -0.1) is 5.10 Å². The van der Waals surface area contributed by atoms with Gasteiger partial charge in [0.2, 0.25) is 0 Å². The second-order valence-corrected chi connectivity index (χ2v) is 4.70. The lowest BCUT2D eigenvalue weighted by molar-refractivity contribution is -0.402. The van der Waals surface area contributed by atoms with Crippen molar-refractivity contribution in [2.45, 2.75) is 0 Å². The number of aromatic nitrogens is 3. The highest BCUT2D eigenvalue weighted by molar-refractivity contribution is 5.76. The van der Waals surface area contributed by atoms with Crippen molar-refractivity contribution in [1.82, 2.24) is 15.2 Å². The maximum atomic E-state index is 10.5. The molecule has 1 N–H and O–H groups in total. The lowest BCUT2D eigenvalue weighted by atomic mass is 10.1. The van der Waals surface area contributed by atoms with Crippen molar-refractivity contribution in [2.24, 2.45) is 5.10 Å². The van der Waals surface area contributed by atoms with Crippen LogP contribution >= 0.6 is 0 Å². The fourth-order valence-electron chi connectivity index (χ4n) is 1.92. The van der Waals surface area contributed by atoms with Gasteiger partial charge in [0.25, 0.3) is 5.95 Å². The van der Waals surface area contributed by atoms with E-state index in [-0.39, 0.29) is 17.6 Å². The van der Waals surface area contributed by atoms with Crippen molar-refractivity contribution in [1.29, 1.82) is 0 Å². The van der Waals surface area contributed by atoms with Crippen LogP contribution in [0.4, 0.5) is 11.8 Å². The van der Waals surface area contributed by atoms with E-state index in [0.29, 0.717) is 5.69 Å². The third-order valence-corrected chi connectivity index (χ3v) is 3.09. The van der Waals surface area contributed by atoms with Gasteiger partial charge in [-0.2, -0.15) is 10.2 Å². The van der Waals surface area contributed by atoms with Crippen LogP contribution in [0.15, 0.2) is 52.1 Å². The van der Waals surface area contributed by atoms with Crippen LogP contribution in [0.1, 0.15) is 5.76 Å². The summed E-state index contributed by atoms with van der Waals surface area (Å²) in [7, 11) is 1.59. The molecule has 0 amide bonds. The molecule has 25 heavy (non-hydrogen) atoms. The molecule has 3 aromatic rings. The Morgan fingerprint density at radius 3 is 2.76 bits per heavy atom. The summed E-state index contributed by atoms with van der Waals surface area (Å²) in [4.78, 5) is 14.2. The predicted molar refractivity (Wildman–Crippen MR) is 88.4 cm³/mol. The quantitative estimate of drug-likeness (QED) is 0.411. The van der Waals surface area contributed by atoms with E-state index in [9.17, 15) is 10.1 Å². The number of hydrogen-bond acceptors (Lipinski definition) is 9. The first-order valence-corrected chi connectivity index (χ1v) is 7.03. The van der Waals surface area contributed by atoms with Gasteiger partial charge in [-0.1, -0.05) is 0 Å². The van der Waals surface area contributed by atoms with Crippen molar-refractivity contribution in [2.75, 3.05) is 12.5 Å². The van der Waals surface area contributed by atoms with Gasteiger partial charge in [0.15, 0.2) is 5.76 Å². The SMILES string of the molecule is COc1ccc(-c2cnnc(N/N=C/c3ccc([N+](=O)[O-])o3)n2)cc1. The molecule has 2 heterocycles. The molecule has 1 aromatic carbocycles. The number of furan rings is 1. The second kappa shape index (κ2) is 7.17. The molecule has 0 saturated heterocycles. The minimum Gasteiger partial charge on any atom is -0.497 e. The first-order valence-electron chi connectivity index (χ1n) is 7.03. The van der Waals surface area contributed by atoms with Crippen molar-refractivity contribution in [3.8, 4) is 17.0 Å². The molecule has 0 atom stereocenters. The van der Waals surface area contributed by atoms with Crippen molar-refractivity contribution >= 4 is 18.0 Å². The molecule has 0 unspecified atom stereocenters. The van der Waals surface area contributed by atoms with Crippen molar-refractivity contribution < 1.29 is 14.1 Å². The summed E-state index contributed by atoms with van der Waals surface area (Å²) in [5.74, 6) is 0.770. The van der Waals surface area contributed by atoms with Gasteiger partial charge in [0.05, 0.1) is 31.3 Å². The Balaban J connectivity index is 1.70. The maximum absolute atomic E-state index is 10.5. The molecule has 2 aromatic heterocycles. The lowest BCUT2D eigenvalue weighted by Crippen LogP contribution is -1.99. The molecular formula is C15H12N6O4. The number of nitrogens with one attached hydrogen (secondary N) is 1. The van der Waals surface area contributed by atoms with Gasteiger partial charge in [-0.3, -0.25) is 10.1 Å². The van der Waals surface area contributed by atoms with Gasteiger partial charge < -0.3 is 9.15 Å². The number of anilines is 1. The first-order chi connectivity index (χ1) is 12.2. The van der Waals surface area contributed by atoms with Crippen LogP contribution in [0.5, 0.6) is 5.75 Å². The number of rotatable bonds is 6. The van der Waals surface area contributed by atoms with E-state index in [1.54, 1.807) is 7.11 Å². The number of ether oxygens (including phenoxy) is 1. The zero-order valence-corrected chi connectivity index (χ0v) is 13.0. The molecular weight excluding hydrogens is 328 g/mol. The molecule has 10 nitrogen and oxygen atoms in total. The van der Waals surface area contributed by atoms with Crippen molar-refractivity contribution in [3.05, 3.63) is 58.5 Å². The summed E-state index contributed by atoms with van der Waals surface area (Å²) < 4.78 is 10.1. The molecule has 0 aliphatic heterocycles. The monoisotopic (exact) mass is 340 g/mol. The Hall–Kier alpha value is -3.82. The van der Waals surface area contributed by atoms with Gasteiger partial charge in [0.1, 0.15) is 10.7 Å². The van der Waals surface area contributed by atoms with Crippen molar-refractivity contribution in [3.63, 3.8) is 0 Å². The molecule has 0 aliphatic rings. The average Bonchev–Trinajstić information content (AvgIpc) is 3.11. The normalized spacial score (nSPS) is 10.8. The van der Waals surface area contributed by atoms with Crippen LogP contribution in [-0.4, -0.2) is 33.4 Å². The summed E-state index contributed by atoms with van der Waals surface area (Å²) in [5, 5.41) is 22.1.